The van der Waals surface area contributed by atoms with Crippen LogP contribution in [0.5, 0.6) is 0 Å². The summed E-state index contributed by atoms with van der Waals surface area (Å²) >= 11 is 0. The Morgan fingerprint density at radius 1 is 0.625 bits per heavy atom. The van der Waals surface area contributed by atoms with Crippen LogP contribution in [0.4, 0.5) is 0 Å². The second-order valence-corrected chi connectivity index (χ2v) is 5.09. The van der Waals surface area contributed by atoms with E-state index in [1.165, 1.54) is 64.2 Å². The Morgan fingerprint density at radius 3 is 1.31 bits per heavy atom. The molecular weight excluding hydrogens is 196 g/mol. The van der Waals surface area contributed by atoms with E-state index in [2.05, 4.69) is 13.8 Å². The first-order valence-corrected chi connectivity index (χ1v) is 7.21. The van der Waals surface area contributed by atoms with Crippen LogP contribution in [-0.4, -0.2) is 12.1 Å². The zero-order chi connectivity index (χ0) is 12.2. The molecule has 4 N–H and O–H groups in total. The van der Waals surface area contributed by atoms with Gasteiger partial charge in [0.1, 0.15) is 0 Å². The summed E-state index contributed by atoms with van der Waals surface area (Å²) in [6.45, 7) is 4.41. The summed E-state index contributed by atoms with van der Waals surface area (Å²) in [7, 11) is 0. The van der Waals surface area contributed by atoms with Crippen molar-refractivity contribution in [3.05, 3.63) is 0 Å². The van der Waals surface area contributed by atoms with Crippen molar-refractivity contribution < 1.29 is 0 Å². The summed E-state index contributed by atoms with van der Waals surface area (Å²) in [4.78, 5) is 0. The van der Waals surface area contributed by atoms with E-state index < -0.39 is 0 Å². The lowest BCUT2D eigenvalue weighted by atomic mass is 10.0. The first-order chi connectivity index (χ1) is 7.70. The molecule has 0 aromatic carbocycles. The van der Waals surface area contributed by atoms with Gasteiger partial charge in [0.15, 0.2) is 0 Å². The van der Waals surface area contributed by atoms with Gasteiger partial charge in [-0.3, -0.25) is 0 Å². The Morgan fingerprint density at radius 2 is 1.00 bits per heavy atom. The Hall–Kier alpha value is -0.0800. The summed E-state index contributed by atoms with van der Waals surface area (Å²) in [5.74, 6) is 0. The van der Waals surface area contributed by atoms with Gasteiger partial charge in [-0.1, -0.05) is 52.4 Å². The number of hydrogen-bond acceptors (Lipinski definition) is 2. The summed E-state index contributed by atoms with van der Waals surface area (Å²) in [5.41, 5.74) is 11.9. The summed E-state index contributed by atoms with van der Waals surface area (Å²) in [6, 6.07) is 0.875. The van der Waals surface area contributed by atoms with Crippen molar-refractivity contribution in [1.82, 2.24) is 0 Å². The molecule has 2 heteroatoms. The van der Waals surface area contributed by atoms with Gasteiger partial charge < -0.3 is 11.5 Å². The average Bonchev–Trinajstić information content (AvgIpc) is 2.24. The minimum absolute atomic E-state index is 0.437. The van der Waals surface area contributed by atoms with E-state index >= 15 is 0 Å². The van der Waals surface area contributed by atoms with Crippen LogP contribution in [0.1, 0.15) is 78.1 Å². The Labute approximate surface area is 102 Å². The highest BCUT2D eigenvalue weighted by molar-refractivity contribution is 4.62. The molecule has 0 fully saturated rings. The SMILES string of the molecule is CCCC(N)CCCCCCC(N)CCC. The molecule has 2 atom stereocenters. The molecule has 2 unspecified atom stereocenters. The monoisotopic (exact) mass is 228 g/mol. The van der Waals surface area contributed by atoms with Crippen molar-refractivity contribution in [2.24, 2.45) is 11.5 Å². The highest BCUT2D eigenvalue weighted by atomic mass is 14.6. The largest absolute Gasteiger partial charge is 0.328 e. The third-order valence-electron chi connectivity index (χ3n) is 3.22. The van der Waals surface area contributed by atoms with Gasteiger partial charge in [0.05, 0.1) is 0 Å². The number of unbranched alkanes of at least 4 members (excludes halogenated alkanes) is 3. The third-order valence-corrected chi connectivity index (χ3v) is 3.22. The van der Waals surface area contributed by atoms with Crippen LogP contribution in [-0.2, 0) is 0 Å². The third kappa shape index (κ3) is 10.4. The minimum atomic E-state index is 0.437. The van der Waals surface area contributed by atoms with Crippen LogP contribution in [0.2, 0.25) is 0 Å². The molecule has 98 valence electrons. The van der Waals surface area contributed by atoms with Gasteiger partial charge in [0.25, 0.3) is 0 Å². The van der Waals surface area contributed by atoms with Crippen molar-refractivity contribution in [2.45, 2.75) is 90.1 Å². The molecule has 0 saturated carbocycles. The van der Waals surface area contributed by atoms with Gasteiger partial charge in [0.2, 0.25) is 0 Å². The van der Waals surface area contributed by atoms with Gasteiger partial charge >= 0.3 is 0 Å². The first kappa shape index (κ1) is 15.9. The fourth-order valence-electron chi connectivity index (χ4n) is 2.20. The molecule has 0 saturated heterocycles. The van der Waals surface area contributed by atoms with E-state index in [1.54, 1.807) is 0 Å². The molecule has 0 aliphatic heterocycles. The van der Waals surface area contributed by atoms with Crippen LogP contribution in [0.15, 0.2) is 0 Å². The molecule has 0 aromatic heterocycles. The Kier molecular flexibility index (Phi) is 11.3. The van der Waals surface area contributed by atoms with Gasteiger partial charge in [0, 0.05) is 12.1 Å². The lowest BCUT2D eigenvalue weighted by molar-refractivity contribution is 0.486. The first-order valence-electron chi connectivity index (χ1n) is 7.21. The maximum atomic E-state index is 5.97. The molecule has 0 aromatic rings. The molecule has 16 heavy (non-hydrogen) atoms. The fraction of sp³-hybridized carbons (Fsp3) is 1.00. The highest BCUT2D eigenvalue weighted by Crippen LogP contribution is 2.11. The summed E-state index contributed by atoms with van der Waals surface area (Å²) in [5, 5.41) is 0. The van der Waals surface area contributed by atoms with E-state index in [0.717, 1.165) is 0 Å². The van der Waals surface area contributed by atoms with Crippen molar-refractivity contribution >= 4 is 0 Å². The van der Waals surface area contributed by atoms with Crippen LogP contribution >= 0.6 is 0 Å². The number of hydrogen-bond donors (Lipinski definition) is 2. The number of nitrogens with two attached hydrogens (primary N) is 2. The van der Waals surface area contributed by atoms with Crippen LogP contribution in [0.25, 0.3) is 0 Å². The lowest BCUT2D eigenvalue weighted by Gasteiger charge is -2.11. The molecule has 0 heterocycles. The quantitative estimate of drug-likeness (QED) is 0.531. The molecular formula is C14H32N2. The molecule has 0 amide bonds. The lowest BCUT2D eigenvalue weighted by Crippen LogP contribution is -2.19. The summed E-state index contributed by atoms with van der Waals surface area (Å²) < 4.78 is 0. The van der Waals surface area contributed by atoms with E-state index in [4.69, 9.17) is 11.5 Å². The predicted octanol–water partition coefficient (Wildman–Crippen LogP) is 3.58. The van der Waals surface area contributed by atoms with Crippen molar-refractivity contribution in [3.63, 3.8) is 0 Å². The van der Waals surface area contributed by atoms with Crippen molar-refractivity contribution in [2.75, 3.05) is 0 Å². The molecule has 0 spiro atoms. The molecule has 0 radical (unpaired) electrons. The van der Waals surface area contributed by atoms with Crippen LogP contribution < -0.4 is 11.5 Å². The molecule has 0 rings (SSSR count). The maximum absolute atomic E-state index is 5.97. The minimum Gasteiger partial charge on any atom is -0.328 e. The molecule has 2 nitrogen and oxygen atoms in total. The van der Waals surface area contributed by atoms with Gasteiger partial charge in [-0.05, 0) is 25.7 Å². The average molecular weight is 228 g/mol. The zero-order valence-corrected chi connectivity index (χ0v) is 11.4. The molecule has 0 bridgehead atoms. The second kappa shape index (κ2) is 11.4. The zero-order valence-electron chi connectivity index (χ0n) is 11.4. The number of rotatable bonds is 11. The van der Waals surface area contributed by atoms with Crippen molar-refractivity contribution in [1.29, 1.82) is 0 Å². The van der Waals surface area contributed by atoms with Crippen molar-refractivity contribution in [3.8, 4) is 0 Å². The second-order valence-electron chi connectivity index (χ2n) is 5.09. The predicted molar refractivity (Wildman–Crippen MR) is 73.5 cm³/mol. The Balaban J connectivity index is 3.15. The standard InChI is InChI=1S/C14H32N2/c1-3-9-13(15)11-7-5-6-8-12-14(16)10-4-2/h13-14H,3-12,15-16H2,1-2H3. The van der Waals surface area contributed by atoms with E-state index in [-0.39, 0.29) is 0 Å². The van der Waals surface area contributed by atoms with Crippen LogP contribution in [0, 0.1) is 0 Å². The van der Waals surface area contributed by atoms with E-state index in [9.17, 15) is 0 Å². The normalized spacial score (nSPS) is 15.0. The fourth-order valence-corrected chi connectivity index (χ4v) is 2.20. The van der Waals surface area contributed by atoms with Gasteiger partial charge in [-0.2, -0.15) is 0 Å². The summed E-state index contributed by atoms with van der Waals surface area (Å²) in [6.07, 6.45) is 12.5. The van der Waals surface area contributed by atoms with E-state index in [1.807, 2.05) is 0 Å². The van der Waals surface area contributed by atoms with Crippen LogP contribution in [0.3, 0.4) is 0 Å². The Bertz CT molecular complexity index is 121. The highest BCUT2D eigenvalue weighted by Gasteiger charge is 2.02. The van der Waals surface area contributed by atoms with Gasteiger partial charge in [-0.25, -0.2) is 0 Å². The van der Waals surface area contributed by atoms with Gasteiger partial charge in [-0.15, -0.1) is 0 Å². The molecule has 0 aliphatic rings. The van der Waals surface area contributed by atoms with E-state index in [0.29, 0.717) is 12.1 Å². The maximum Gasteiger partial charge on any atom is 0.00387 e. The topological polar surface area (TPSA) is 52.0 Å². The molecule has 0 aliphatic carbocycles. The smallest absolute Gasteiger partial charge is 0.00387 e.